The molecular weight excluding hydrogens is 274 g/mol. The van der Waals surface area contributed by atoms with E-state index in [-0.39, 0.29) is 11.9 Å². The summed E-state index contributed by atoms with van der Waals surface area (Å²) in [6.45, 7) is 2.60. The lowest BCUT2D eigenvalue weighted by Crippen LogP contribution is -2.30. The maximum absolute atomic E-state index is 12.9. The molecule has 1 unspecified atom stereocenters. The van der Waals surface area contributed by atoms with Crippen molar-refractivity contribution in [3.63, 3.8) is 0 Å². The largest absolute Gasteiger partial charge is 0.332 e. The molecule has 1 atom stereocenters. The quantitative estimate of drug-likeness (QED) is 0.926. The minimum Gasteiger partial charge on any atom is -0.332 e. The van der Waals surface area contributed by atoms with Crippen molar-refractivity contribution < 1.29 is 4.79 Å². The average molecular weight is 293 g/mol. The number of hydrogen-bond donors (Lipinski definition) is 1. The fourth-order valence-corrected chi connectivity index (χ4v) is 3.52. The molecule has 3 heterocycles. The lowest BCUT2D eigenvalue weighted by atomic mass is 10.0. The van der Waals surface area contributed by atoms with Gasteiger partial charge in [0.2, 0.25) is 0 Å². The molecule has 2 aromatic rings. The number of hydrogen-bond acceptors (Lipinski definition) is 3. The van der Waals surface area contributed by atoms with Gasteiger partial charge in [-0.2, -0.15) is 0 Å². The molecule has 22 heavy (non-hydrogen) atoms. The molecule has 0 radical (unpaired) electrons. The molecule has 1 saturated heterocycles. The molecule has 1 aromatic heterocycles. The molecule has 0 bridgehead atoms. The van der Waals surface area contributed by atoms with E-state index in [1.165, 1.54) is 11.1 Å². The molecular formula is C18H19N3O. The van der Waals surface area contributed by atoms with E-state index < -0.39 is 0 Å². The highest BCUT2D eigenvalue weighted by atomic mass is 16.2. The molecule has 4 nitrogen and oxygen atoms in total. The fraction of sp³-hybridized carbons (Fsp3) is 0.333. The summed E-state index contributed by atoms with van der Waals surface area (Å²) in [4.78, 5) is 19.1. The number of carbonyl (C=O) groups excluding carboxylic acids is 1. The van der Waals surface area contributed by atoms with Gasteiger partial charge in [0.15, 0.2) is 0 Å². The van der Waals surface area contributed by atoms with Gasteiger partial charge < -0.3 is 10.2 Å². The number of nitrogens with zero attached hydrogens (tertiary/aromatic N) is 2. The summed E-state index contributed by atoms with van der Waals surface area (Å²) >= 11 is 0. The van der Waals surface area contributed by atoms with Crippen LogP contribution in [0.2, 0.25) is 0 Å². The highest BCUT2D eigenvalue weighted by Gasteiger charge is 2.31. The lowest BCUT2D eigenvalue weighted by molar-refractivity contribution is 0.0735. The minimum absolute atomic E-state index is 0.140. The van der Waals surface area contributed by atoms with Gasteiger partial charge in [0.1, 0.15) is 0 Å². The van der Waals surface area contributed by atoms with Gasteiger partial charge in [0, 0.05) is 37.6 Å². The SMILES string of the molecule is O=C(c1ccc2c(c1)CNC2)N1CCCC1c1cccnc1. The second-order valence-corrected chi connectivity index (χ2v) is 6.03. The Morgan fingerprint density at radius 3 is 3.00 bits per heavy atom. The zero-order valence-electron chi connectivity index (χ0n) is 12.5. The Morgan fingerprint density at radius 1 is 1.23 bits per heavy atom. The third kappa shape index (κ3) is 2.29. The summed E-state index contributed by atoms with van der Waals surface area (Å²) in [5.41, 5.74) is 4.50. The fourth-order valence-electron chi connectivity index (χ4n) is 3.52. The average Bonchev–Trinajstić information content (AvgIpc) is 3.23. The predicted molar refractivity (Wildman–Crippen MR) is 84.2 cm³/mol. The van der Waals surface area contributed by atoms with Crippen LogP contribution >= 0.6 is 0 Å². The molecule has 4 heteroatoms. The Hall–Kier alpha value is -2.20. The molecule has 1 aromatic carbocycles. The number of amides is 1. The van der Waals surface area contributed by atoms with E-state index in [1.54, 1.807) is 6.20 Å². The second kappa shape index (κ2) is 5.54. The van der Waals surface area contributed by atoms with Crippen molar-refractivity contribution in [2.75, 3.05) is 6.54 Å². The van der Waals surface area contributed by atoms with Gasteiger partial charge in [-0.1, -0.05) is 12.1 Å². The van der Waals surface area contributed by atoms with Crippen LogP contribution < -0.4 is 5.32 Å². The number of likely N-dealkylation sites (tertiary alicyclic amines) is 1. The number of rotatable bonds is 2. The van der Waals surface area contributed by atoms with Crippen molar-refractivity contribution >= 4 is 5.91 Å². The van der Waals surface area contributed by atoms with Crippen LogP contribution in [0.25, 0.3) is 0 Å². The van der Waals surface area contributed by atoms with Crippen LogP contribution in [0, 0.1) is 0 Å². The maximum Gasteiger partial charge on any atom is 0.254 e. The van der Waals surface area contributed by atoms with Crippen molar-refractivity contribution in [2.45, 2.75) is 32.0 Å². The van der Waals surface area contributed by atoms with Crippen LogP contribution in [0.3, 0.4) is 0 Å². The predicted octanol–water partition coefficient (Wildman–Crippen LogP) is 2.66. The summed E-state index contributed by atoms with van der Waals surface area (Å²) in [5.74, 6) is 0.140. The number of aromatic nitrogens is 1. The number of fused-ring (bicyclic) bond motifs is 1. The van der Waals surface area contributed by atoms with Crippen molar-refractivity contribution in [3.05, 3.63) is 65.0 Å². The minimum atomic E-state index is 0.140. The zero-order chi connectivity index (χ0) is 14.9. The molecule has 0 saturated carbocycles. The molecule has 2 aliphatic heterocycles. The first-order chi connectivity index (χ1) is 10.8. The normalized spacial score (nSPS) is 20.2. The van der Waals surface area contributed by atoms with Crippen LogP contribution in [0.15, 0.2) is 42.7 Å². The van der Waals surface area contributed by atoms with E-state index >= 15 is 0 Å². The third-order valence-corrected chi connectivity index (χ3v) is 4.67. The Bertz CT molecular complexity index is 699. The van der Waals surface area contributed by atoms with Crippen LogP contribution in [-0.4, -0.2) is 22.3 Å². The van der Waals surface area contributed by atoms with Gasteiger partial charge in [-0.25, -0.2) is 0 Å². The molecule has 4 rings (SSSR count). The number of carbonyl (C=O) groups is 1. The molecule has 1 amide bonds. The Kier molecular flexibility index (Phi) is 3.39. The second-order valence-electron chi connectivity index (χ2n) is 6.03. The first-order valence-corrected chi connectivity index (χ1v) is 7.86. The summed E-state index contributed by atoms with van der Waals surface area (Å²) in [6, 6.07) is 10.3. The smallest absolute Gasteiger partial charge is 0.254 e. The number of nitrogens with one attached hydrogen (secondary N) is 1. The van der Waals surface area contributed by atoms with Crippen molar-refractivity contribution in [1.29, 1.82) is 0 Å². The van der Waals surface area contributed by atoms with E-state index in [1.807, 2.05) is 23.2 Å². The van der Waals surface area contributed by atoms with Crippen molar-refractivity contribution in [3.8, 4) is 0 Å². The molecule has 2 aliphatic rings. The molecule has 1 fully saturated rings. The van der Waals surface area contributed by atoms with Crippen LogP contribution in [0.1, 0.15) is 45.9 Å². The first kappa shape index (κ1) is 13.5. The number of pyridine rings is 1. The van der Waals surface area contributed by atoms with E-state index in [0.29, 0.717) is 0 Å². The van der Waals surface area contributed by atoms with Gasteiger partial charge in [-0.15, -0.1) is 0 Å². The topological polar surface area (TPSA) is 45.2 Å². The maximum atomic E-state index is 12.9. The monoisotopic (exact) mass is 293 g/mol. The highest BCUT2D eigenvalue weighted by molar-refractivity contribution is 5.95. The van der Waals surface area contributed by atoms with Gasteiger partial charge in [0.25, 0.3) is 5.91 Å². The standard InChI is InChI=1S/C18H19N3O/c22-18(13-5-6-14-10-20-12-16(14)9-13)21-8-2-4-17(21)15-3-1-7-19-11-15/h1,3,5-7,9,11,17,20H,2,4,8,10,12H2. The van der Waals surface area contributed by atoms with Crippen LogP contribution in [-0.2, 0) is 13.1 Å². The van der Waals surface area contributed by atoms with Crippen molar-refractivity contribution in [1.82, 2.24) is 15.2 Å². The molecule has 1 N–H and O–H groups in total. The molecule has 112 valence electrons. The van der Waals surface area contributed by atoms with Gasteiger partial charge in [0.05, 0.1) is 6.04 Å². The number of benzene rings is 1. The summed E-state index contributed by atoms with van der Waals surface area (Å²) in [6.07, 6.45) is 5.72. The van der Waals surface area contributed by atoms with Gasteiger partial charge >= 0.3 is 0 Å². The van der Waals surface area contributed by atoms with Crippen molar-refractivity contribution in [2.24, 2.45) is 0 Å². The first-order valence-electron chi connectivity index (χ1n) is 7.86. The van der Waals surface area contributed by atoms with E-state index in [4.69, 9.17) is 0 Å². The highest BCUT2D eigenvalue weighted by Crippen LogP contribution is 2.33. The third-order valence-electron chi connectivity index (χ3n) is 4.67. The molecule has 0 spiro atoms. The Labute approximate surface area is 130 Å². The summed E-state index contributed by atoms with van der Waals surface area (Å²) in [5, 5.41) is 3.32. The van der Waals surface area contributed by atoms with Gasteiger partial charge in [-0.05, 0) is 47.7 Å². The Morgan fingerprint density at radius 2 is 2.14 bits per heavy atom. The lowest BCUT2D eigenvalue weighted by Gasteiger charge is -2.25. The van der Waals surface area contributed by atoms with E-state index in [9.17, 15) is 4.79 Å². The molecule has 0 aliphatic carbocycles. The van der Waals surface area contributed by atoms with Crippen LogP contribution in [0.4, 0.5) is 0 Å². The summed E-state index contributed by atoms with van der Waals surface area (Å²) < 4.78 is 0. The van der Waals surface area contributed by atoms with E-state index in [2.05, 4.69) is 28.5 Å². The van der Waals surface area contributed by atoms with Gasteiger partial charge in [-0.3, -0.25) is 9.78 Å². The Balaban J connectivity index is 1.62. The summed E-state index contributed by atoms with van der Waals surface area (Å²) in [7, 11) is 0. The van der Waals surface area contributed by atoms with Crippen LogP contribution in [0.5, 0.6) is 0 Å². The zero-order valence-corrected chi connectivity index (χ0v) is 12.5. The van der Waals surface area contributed by atoms with E-state index in [0.717, 1.165) is 43.6 Å².